The minimum absolute atomic E-state index is 0.119. The molecule has 0 spiro atoms. The zero-order valence-corrected chi connectivity index (χ0v) is 16.8. The Bertz CT molecular complexity index is 979. The minimum atomic E-state index is -5.09. The number of nitrogens with one attached hydrogen (secondary N) is 1. The molecule has 14 heteroatoms. The number of alkyl halides is 7. The number of imidazole rings is 1. The van der Waals surface area contributed by atoms with E-state index in [4.69, 9.17) is 0 Å². The summed E-state index contributed by atoms with van der Waals surface area (Å²) in [5, 5.41) is 12.3. The highest BCUT2D eigenvalue weighted by Gasteiger charge is 2.57. The fourth-order valence-corrected chi connectivity index (χ4v) is 2.76. The maximum atomic E-state index is 13.4. The zero-order valence-electron chi connectivity index (χ0n) is 16.8. The number of carbonyl (C=O) groups is 1. The Balaban J connectivity index is 2.08. The second kappa shape index (κ2) is 10.6. The summed E-state index contributed by atoms with van der Waals surface area (Å²) in [6.07, 6.45) is -1.98. The summed E-state index contributed by atoms with van der Waals surface area (Å²) < 4.78 is 99.3. The topological polar surface area (TPSA) is 85.6 Å². The van der Waals surface area contributed by atoms with Crippen molar-refractivity contribution in [1.29, 1.82) is 0 Å². The lowest BCUT2D eigenvalue weighted by Gasteiger charge is -2.29. The van der Waals surface area contributed by atoms with Crippen LogP contribution in [0.1, 0.15) is 17.8 Å². The maximum absolute atomic E-state index is 13.4. The second-order valence-corrected chi connectivity index (χ2v) is 6.55. The number of benzene rings is 1. The Morgan fingerprint density at radius 2 is 1.88 bits per heavy atom. The number of nitrogens with zero attached hydrogens (tertiary/aromatic N) is 2. The number of halogens is 7. The molecule has 1 atom stereocenters. The van der Waals surface area contributed by atoms with Gasteiger partial charge in [0.05, 0.1) is 0 Å². The molecule has 0 saturated heterocycles. The highest BCUT2D eigenvalue weighted by Crippen LogP contribution is 2.40. The van der Waals surface area contributed by atoms with Gasteiger partial charge in [0.2, 0.25) is 11.5 Å². The summed E-state index contributed by atoms with van der Waals surface area (Å²) >= 11 is 0. The van der Waals surface area contributed by atoms with Crippen molar-refractivity contribution in [2.24, 2.45) is 7.05 Å². The largest absolute Gasteiger partial charge is 0.435 e. The average molecular weight is 485 g/mol. The predicted molar refractivity (Wildman–Crippen MR) is 99.5 cm³/mol. The van der Waals surface area contributed by atoms with E-state index in [0.29, 0.717) is 0 Å². The lowest BCUT2D eigenvalue weighted by Crippen LogP contribution is -2.46. The van der Waals surface area contributed by atoms with Crippen molar-refractivity contribution in [2.75, 3.05) is 6.54 Å². The SMILES string of the molecule is Cn1ccnc1C(O)(CCNC(=O)/C=C/c1ccc(OC(F)F)cc1OC(F)F)C(F)(F)F. The number of amides is 1. The Labute approximate surface area is 182 Å². The summed E-state index contributed by atoms with van der Waals surface area (Å²) in [5.41, 5.74) is -3.45. The molecule has 33 heavy (non-hydrogen) atoms. The van der Waals surface area contributed by atoms with Crippen LogP contribution in [0.2, 0.25) is 0 Å². The van der Waals surface area contributed by atoms with E-state index >= 15 is 0 Å². The number of hydrogen-bond donors (Lipinski definition) is 2. The first-order valence-corrected chi connectivity index (χ1v) is 9.10. The van der Waals surface area contributed by atoms with Gasteiger partial charge < -0.3 is 24.5 Å². The molecule has 1 amide bonds. The van der Waals surface area contributed by atoms with Crippen molar-refractivity contribution in [3.8, 4) is 11.5 Å². The number of aryl methyl sites for hydroxylation is 1. The minimum Gasteiger partial charge on any atom is -0.435 e. The van der Waals surface area contributed by atoms with Crippen LogP contribution in [0.25, 0.3) is 6.08 Å². The van der Waals surface area contributed by atoms with Gasteiger partial charge in [0.25, 0.3) is 0 Å². The molecule has 1 aromatic heterocycles. The van der Waals surface area contributed by atoms with E-state index in [-0.39, 0.29) is 5.56 Å². The molecule has 2 aromatic rings. The fraction of sp³-hybridized carbons (Fsp3) is 0.368. The molecule has 0 aliphatic rings. The van der Waals surface area contributed by atoms with Crippen LogP contribution in [-0.2, 0) is 17.4 Å². The Kier molecular flexibility index (Phi) is 8.30. The van der Waals surface area contributed by atoms with E-state index in [1.807, 2.05) is 0 Å². The van der Waals surface area contributed by atoms with Crippen molar-refractivity contribution in [1.82, 2.24) is 14.9 Å². The van der Waals surface area contributed by atoms with Gasteiger partial charge in [-0.05, 0) is 18.2 Å². The first-order valence-electron chi connectivity index (χ1n) is 9.10. The molecule has 2 N–H and O–H groups in total. The molecule has 0 saturated carbocycles. The van der Waals surface area contributed by atoms with E-state index < -0.39 is 61.2 Å². The van der Waals surface area contributed by atoms with Crippen molar-refractivity contribution in [3.63, 3.8) is 0 Å². The van der Waals surface area contributed by atoms with Gasteiger partial charge in [0, 0.05) is 50.1 Å². The predicted octanol–water partition coefficient (Wildman–Crippen LogP) is 3.59. The first-order chi connectivity index (χ1) is 15.3. The average Bonchev–Trinajstić information content (AvgIpc) is 3.12. The summed E-state index contributed by atoms with van der Waals surface area (Å²) in [5.74, 6) is -2.63. The van der Waals surface area contributed by atoms with E-state index in [1.165, 1.54) is 13.2 Å². The highest BCUT2D eigenvalue weighted by atomic mass is 19.4. The molecule has 0 aliphatic carbocycles. The van der Waals surface area contributed by atoms with Crippen LogP contribution in [0.15, 0.2) is 36.7 Å². The van der Waals surface area contributed by atoms with Gasteiger partial charge in [-0.2, -0.15) is 30.7 Å². The summed E-state index contributed by atoms with van der Waals surface area (Å²) in [6.45, 7) is -7.13. The van der Waals surface area contributed by atoms with E-state index in [0.717, 1.165) is 41.1 Å². The van der Waals surface area contributed by atoms with Crippen LogP contribution < -0.4 is 14.8 Å². The molecule has 0 aliphatic heterocycles. The molecule has 0 radical (unpaired) electrons. The number of carbonyl (C=O) groups excluding carboxylic acids is 1. The molecular formula is C19H18F7N3O4. The molecule has 1 heterocycles. The van der Waals surface area contributed by atoms with E-state index in [9.17, 15) is 40.6 Å². The molecule has 2 rings (SSSR count). The number of rotatable bonds is 10. The summed E-state index contributed by atoms with van der Waals surface area (Å²) in [7, 11) is 1.26. The Hall–Kier alpha value is -3.29. The number of aromatic nitrogens is 2. The second-order valence-electron chi connectivity index (χ2n) is 6.55. The molecule has 182 valence electrons. The zero-order chi connectivity index (χ0) is 24.8. The normalized spacial score (nSPS) is 14.0. The van der Waals surface area contributed by atoms with Gasteiger partial charge in [-0.15, -0.1) is 0 Å². The van der Waals surface area contributed by atoms with Gasteiger partial charge >= 0.3 is 19.4 Å². The molecule has 1 unspecified atom stereocenters. The van der Waals surface area contributed by atoms with Gasteiger partial charge in [0.15, 0.2) is 0 Å². The van der Waals surface area contributed by atoms with Gasteiger partial charge in [-0.3, -0.25) is 4.79 Å². The summed E-state index contributed by atoms with van der Waals surface area (Å²) in [4.78, 5) is 15.5. The number of aliphatic hydroxyl groups is 1. The fourth-order valence-electron chi connectivity index (χ4n) is 2.76. The van der Waals surface area contributed by atoms with Crippen molar-refractivity contribution < 1.29 is 50.1 Å². The van der Waals surface area contributed by atoms with Crippen LogP contribution in [-0.4, -0.2) is 46.5 Å². The molecule has 1 aromatic carbocycles. The lowest BCUT2D eigenvalue weighted by atomic mass is 9.97. The van der Waals surface area contributed by atoms with Gasteiger partial charge in [-0.1, -0.05) is 0 Å². The van der Waals surface area contributed by atoms with Crippen molar-refractivity contribution in [3.05, 3.63) is 48.1 Å². The Morgan fingerprint density at radius 1 is 1.21 bits per heavy atom. The Morgan fingerprint density at radius 3 is 2.42 bits per heavy atom. The third-order valence-corrected chi connectivity index (χ3v) is 4.29. The third kappa shape index (κ3) is 6.84. The van der Waals surface area contributed by atoms with Crippen LogP contribution in [0, 0.1) is 0 Å². The first kappa shape index (κ1) is 26.0. The molecule has 0 bridgehead atoms. The maximum Gasteiger partial charge on any atom is 0.424 e. The highest BCUT2D eigenvalue weighted by molar-refractivity contribution is 5.92. The standard InChI is InChI=1S/C19H18F7N3O4/c1-29-9-8-28-15(29)18(31,19(24,25)26)6-7-27-14(30)5-3-11-2-4-12(32-16(20)21)10-13(11)33-17(22)23/h2-5,8-10,16-17,31H,6-7H2,1H3,(H,27,30)/b5-3+. The van der Waals surface area contributed by atoms with Gasteiger partial charge in [-0.25, -0.2) is 4.98 Å². The third-order valence-electron chi connectivity index (χ3n) is 4.29. The number of hydrogen-bond acceptors (Lipinski definition) is 5. The van der Waals surface area contributed by atoms with Gasteiger partial charge in [0.1, 0.15) is 17.3 Å². The van der Waals surface area contributed by atoms with Crippen LogP contribution >= 0.6 is 0 Å². The molecule has 7 nitrogen and oxygen atoms in total. The molecule has 0 fully saturated rings. The van der Waals surface area contributed by atoms with E-state index in [1.54, 1.807) is 0 Å². The monoisotopic (exact) mass is 485 g/mol. The van der Waals surface area contributed by atoms with Crippen molar-refractivity contribution >= 4 is 12.0 Å². The quantitative estimate of drug-likeness (QED) is 0.397. The van der Waals surface area contributed by atoms with Crippen molar-refractivity contribution in [2.45, 2.75) is 31.4 Å². The van der Waals surface area contributed by atoms with Crippen LogP contribution in [0.4, 0.5) is 30.7 Å². The smallest absolute Gasteiger partial charge is 0.424 e. The van der Waals surface area contributed by atoms with Crippen LogP contribution in [0.5, 0.6) is 11.5 Å². The summed E-state index contributed by atoms with van der Waals surface area (Å²) in [6, 6.07) is 2.83. The molecular weight excluding hydrogens is 467 g/mol. The lowest BCUT2D eigenvalue weighted by molar-refractivity contribution is -0.272. The number of ether oxygens (including phenoxy) is 2. The van der Waals surface area contributed by atoms with E-state index in [2.05, 4.69) is 19.8 Å². The van der Waals surface area contributed by atoms with Crippen LogP contribution in [0.3, 0.4) is 0 Å².